The number of unbranched alkanes of at least 4 members (excludes halogenated alkanes) is 3. The van der Waals surface area contributed by atoms with Crippen LogP contribution in [0.4, 0.5) is 0 Å². The van der Waals surface area contributed by atoms with E-state index < -0.39 is 71.5 Å². The Morgan fingerprint density at radius 2 is 1.33 bits per heavy atom. The van der Waals surface area contributed by atoms with E-state index in [4.69, 9.17) is 22.9 Å². The van der Waals surface area contributed by atoms with Gasteiger partial charge in [0.15, 0.2) is 5.78 Å². The highest BCUT2D eigenvalue weighted by molar-refractivity contribution is 5.96. The van der Waals surface area contributed by atoms with Gasteiger partial charge in [-0.3, -0.25) is 28.8 Å². The van der Waals surface area contributed by atoms with Gasteiger partial charge in [-0.05, 0) is 103 Å². The monoisotopic (exact) mass is 680 g/mol. The van der Waals surface area contributed by atoms with Crippen molar-refractivity contribution in [3.8, 4) is 0 Å². The maximum atomic E-state index is 13.7. The lowest BCUT2D eigenvalue weighted by molar-refractivity contribution is -0.144. The van der Waals surface area contributed by atoms with E-state index in [9.17, 15) is 33.9 Å². The molecule has 15 nitrogen and oxygen atoms in total. The number of amides is 4. The number of carbonyl (C=O) groups is 6. The summed E-state index contributed by atoms with van der Waals surface area (Å²) < 4.78 is 0. The number of rotatable bonds is 20. The Bertz CT molecular complexity index is 1070. The van der Waals surface area contributed by atoms with Crippen LogP contribution in [-0.4, -0.2) is 90.3 Å². The number of hydrogen-bond acceptors (Lipinski definition) is 10. The molecule has 15 heteroatoms. The van der Waals surface area contributed by atoms with Gasteiger partial charge in [0.05, 0.1) is 18.0 Å². The maximum absolute atomic E-state index is 13.7. The van der Waals surface area contributed by atoms with Crippen LogP contribution in [0.5, 0.6) is 0 Å². The molecule has 0 saturated carbocycles. The largest absolute Gasteiger partial charge is 0.481 e. The predicted octanol–water partition coefficient (Wildman–Crippen LogP) is -0.304. The van der Waals surface area contributed by atoms with E-state index >= 15 is 0 Å². The zero-order valence-electron chi connectivity index (χ0n) is 28.7. The minimum absolute atomic E-state index is 0.00586. The van der Waals surface area contributed by atoms with Gasteiger partial charge in [-0.15, -0.1) is 0 Å². The van der Waals surface area contributed by atoms with Crippen molar-refractivity contribution < 1.29 is 33.9 Å². The van der Waals surface area contributed by atoms with Gasteiger partial charge in [-0.25, -0.2) is 0 Å². The number of nitrogens with two attached hydrogens (primary N) is 4. The zero-order chi connectivity index (χ0) is 36.1. The quantitative estimate of drug-likeness (QED) is 0.0594. The summed E-state index contributed by atoms with van der Waals surface area (Å²) in [5.74, 6) is -4.69. The molecule has 1 rings (SSSR count). The normalized spacial score (nSPS) is 22.2. The number of carboxylic acids is 1. The van der Waals surface area contributed by atoms with E-state index in [1.807, 2.05) is 13.8 Å². The van der Waals surface area contributed by atoms with Crippen LogP contribution in [0.25, 0.3) is 0 Å². The number of carboxylic acid groups (broad SMARTS) is 1. The van der Waals surface area contributed by atoms with Crippen molar-refractivity contribution >= 4 is 35.4 Å². The summed E-state index contributed by atoms with van der Waals surface area (Å²) in [5, 5.41) is 20.6. The van der Waals surface area contributed by atoms with Crippen LogP contribution in [0.1, 0.15) is 97.3 Å². The smallest absolute Gasteiger partial charge is 0.306 e. The van der Waals surface area contributed by atoms with Crippen LogP contribution in [-0.2, 0) is 28.8 Å². The standard InChI is InChI=1S/C33H60N8O7/c1-21(2)19-22(33(47)48)20-28(42)24(12-5-8-16-34)38-30(44)26-13-4-3-11-23(37)29(43)39-25(14-6-9-17-35)31(45)41-27(32(46)40-26)15-7-10-18-36/h3-4,21-27H,5-20,34-37H2,1-2H3,(H,38,44)(H,39,43)(H,40,46)(H,41,45)(H,47,48)/t22-,23+,24-,25+,26+,27+/m1/s1. The highest BCUT2D eigenvalue weighted by atomic mass is 16.4. The Balaban J connectivity index is 3.35. The molecule has 0 radical (unpaired) electrons. The Hall–Kier alpha value is -3.40. The minimum atomic E-state index is -1.15. The number of ketones is 1. The van der Waals surface area contributed by atoms with Crippen LogP contribution >= 0.6 is 0 Å². The van der Waals surface area contributed by atoms with Gasteiger partial charge in [0.25, 0.3) is 0 Å². The van der Waals surface area contributed by atoms with Crippen molar-refractivity contribution in [1.82, 2.24) is 21.3 Å². The maximum Gasteiger partial charge on any atom is 0.306 e. The molecule has 0 aromatic heterocycles. The molecule has 0 aromatic carbocycles. The Kier molecular flexibility index (Phi) is 21.2. The molecular formula is C33H60N8O7. The van der Waals surface area contributed by atoms with Gasteiger partial charge >= 0.3 is 5.97 Å². The summed E-state index contributed by atoms with van der Waals surface area (Å²) in [4.78, 5) is 78.9. The lowest BCUT2D eigenvalue weighted by atomic mass is 9.89. The van der Waals surface area contributed by atoms with Gasteiger partial charge in [-0.1, -0.05) is 26.0 Å². The third-order valence-corrected chi connectivity index (χ3v) is 8.26. The summed E-state index contributed by atoms with van der Waals surface area (Å²) in [6, 6.07) is -5.08. The van der Waals surface area contributed by atoms with Gasteiger partial charge in [0.1, 0.15) is 18.1 Å². The minimum Gasteiger partial charge on any atom is -0.481 e. The number of carbonyl (C=O) groups excluding carboxylic acids is 5. The molecule has 0 fully saturated rings. The molecular weight excluding hydrogens is 620 g/mol. The van der Waals surface area contributed by atoms with Crippen molar-refractivity contribution in [3.05, 3.63) is 12.2 Å². The van der Waals surface area contributed by atoms with E-state index in [0.717, 1.165) is 0 Å². The zero-order valence-corrected chi connectivity index (χ0v) is 28.7. The SMILES string of the molecule is CC(C)C[C@H](CC(=O)[C@@H](CCCCN)NC(=O)[C@@H]1CC=CC[C@H](N)C(=O)N[C@@H](CCCCN)C(=O)N[C@@H](CCCCN)C(=O)N1)C(=O)O. The molecule has 0 bridgehead atoms. The van der Waals surface area contributed by atoms with Crippen LogP contribution in [0.15, 0.2) is 12.2 Å². The fourth-order valence-electron chi connectivity index (χ4n) is 5.46. The first-order valence-electron chi connectivity index (χ1n) is 17.3. The van der Waals surface area contributed by atoms with Gasteiger partial charge in [0.2, 0.25) is 23.6 Å². The van der Waals surface area contributed by atoms with Crippen molar-refractivity contribution in [1.29, 1.82) is 0 Å². The summed E-state index contributed by atoms with van der Waals surface area (Å²) in [7, 11) is 0. The molecule has 274 valence electrons. The lowest BCUT2D eigenvalue weighted by Crippen LogP contribution is -2.58. The molecule has 0 saturated heterocycles. The van der Waals surface area contributed by atoms with Crippen molar-refractivity contribution in [3.63, 3.8) is 0 Å². The Labute approximate surface area is 284 Å². The summed E-state index contributed by atoms with van der Waals surface area (Å²) in [5.41, 5.74) is 23.0. The van der Waals surface area contributed by atoms with E-state index in [-0.39, 0.29) is 38.0 Å². The molecule has 0 aromatic rings. The van der Waals surface area contributed by atoms with Crippen LogP contribution < -0.4 is 44.2 Å². The summed E-state index contributed by atoms with van der Waals surface area (Å²) in [6.45, 7) is 4.93. The number of hydrogen-bond donors (Lipinski definition) is 9. The van der Waals surface area contributed by atoms with Gasteiger partial charge in [-0.2, -0.15) is 0 Å². The molecule has 6 atom stereocenters. The number of aliphatic carboxylic acids is 1. The highest BCUT2D eigenvalue weighted by Crippen LogP contribution is 2.19. The average molecular weight is 681 g/mol. The number of nitrogens with one attached hydrogen (secondary N) is 4. The highest BCUT2D eigenvalue weighted by Gasteiger charge is 2.33. The molecule has 1 aliphatic heterocycles. The van der Waals surface area contributed by atoms with Crippen molar-refractivity contribution in [2.45, 2.75) is 128 Å². The fourth-order valence-corrected chi connectivity index (χ4v) is 5.46. The average Bonchev–Trinajstić information content (AvgIpc) is 3.03. The first-order valence-corrected chi connectivity index (χ1v) is 17.3. The van der Waals surface area contributed by atoms with Crippen molar-refractivity contribution in [2.75, 3.05) is 19.6 Å². The van der Waals surface area contributed by atoms with Crippen molar-refractivity contribution in [2.24, 2.45) is 34.8 Å². The van der Waals surface area contributed by atoms with Gasteiger partial charge in [0, 0.05) is 6.42 Å². The second-order valence-corrected chi connectivity index (χ2v) is 13.0. The second-order valence-electron chi connectivity index (χ2n) is 13.0. The van der Waals surface area contributed by atoms with Crippen LogP contribution in [0, 0.1) is 11.8 Å². The van der Waals surface area contributed by atoms with E-state index in [1.54, 1.807) is 12.2 Å². The van der Waals surface area contributed by atoms with E-state index in [2.05, 4.69) is 21.3 Å². The molecule has 0 unspecified atom stereocenters. The molecule has 4 amide bonds. The topological polar surface area (TPSA) is 275 Å². The number of Topliss-reactive ketones (excluding diaryl/α,β-unsaturated/α-hetero) is 1. The van der Waals surface area contributed by atoms with Crippen LogP contribution in [0.3, 0.4) is 0 Å². The fraction of sp³-hybridized carbons (Fsp3) is 0.758. The first kappa shape index (κ1) is 42.6. The summed E-state index contributed by atoms with van der Waals surface area (Å²) in [6.07, 6.45) is 7.62. The van der Waals surface area contributed by atoms with Gasteiger partial charge < -0.3 is 49.3 Å². The Morgan fingerprint density at radius 1 is 0.812 bits per heavy atom. The van der Waals surface area contributed by atoms with E-state index in [1.165, 1.54) is 0 Å². The molecule has 0 spiro atoms. The van der Waals surface area contributed by atoms with E-state index in [0.29, 0.717) is 71.0 Å². The first-order chi connectivity index (χ1) is 22.8. The molecule has 1 heterocycles. The molecule has 1 aliphatic rings. The third kappa shape index (κ3) is 16.6. The second kappa shape index (κ2) is 23.8. The Morgan fingerprint density at radius 3 is 1.88 bits per heavy atom. The third-order valence-electron chi connectivity index (χ3n) is 8.26. The predicted molar refractivity (Wildman–Crippen MR) is 183 cm³/mol. The molecule has 13 N–H and O–H groups in total. The van der Waals surface area contributed by atoms with Crippen LogP contribution in [0.2, 0.25) is 0 Å². The molecule has 0 aliphatic carbocycles. The molecule has 48 heavy (non-hydrogen) atoms. The lowest BCUT2D eigenvalue weighted by Gasteiger charge is -2.27. The summed E-state index contributed by atoms with van der Waals surface area (Å²) >= 11 is 0.